The van der Waals surface area contributed by atoms with Crippen LogP contribution in [0.5, 0.6) is 0 Å². The first kappa shape index (κ1) is 11.4. The van der Waals surface area contributed by atoms with Gasteiger partial charge in [0, 0.05) is 12.4 Å². The highest BCUT2D eigenvalue weighted by atomic mass is 32.1. The molecule has 0 fully saturated rings. The van der Waals surface area contributed by atoms with Gasteiger partial charge in [0.25, 0.3) is 0 Å². The van der Waals surface area contributed by atoms with Crippen molar-refractivity contribution in [3.63, 3.8) is 0 Å². The molecule has 0 saturated heterocycles. The zero-order chi connectivity index (χ0) is 12.3. The van der Waals surface area contributed by atoms with E-state index in [1.807, 2.05) is 13.0 Å². The molecule has 2 heterocycles. The number of aryl methyl sites for hydroxylation is 1. The number of nitrogens with zero attached hydrogens (tertiary/aromatic N) is 3. The summed E-state index contributed by atoms with van der Waals surface area (Å²) in [4.78, 5) is 12.6. The lowest BCUT2D eigenvalue weighted by Gasteiger charge is -2.07. The van der Waals surface area contributed by atoms with Gasteiger partial charge in [0.2, 0.25) is 5.95 Å². The van der Waals surface area contributed by atoms with Crippen molar-refractivity contribution in [1.29, 1.82) is 0 Å². The van der Waals surface area contributed by atoms with Crippen LogP contribution in [-0.2, 0) is 0 Å². The molecule has 17 heavy (non-hydrogen) atoms. The van der Waals surface area contributed by atoms with Crippen molar-refractivity contribution in [3.8, 4) is 0 Å². The fourth-order valence-electron chi connectivity index (χ4n) is 1.27. The van der Waals surface area contributed by atoms with Gasteiger partial charge in [0.05, 0.1) is 11.9 Å². The van der Waals surface area contributed by atoms with Gasteiger partial charge in [-0.05, 0) is 24.6 Å². The second-order valence-electron chi connectivity index (χ2n) is 3.45. The van der Waals surface area contributed by atoms with Crippen molar-refractivity contribution < 1.29 is 0 Å². The molecule has 0 aliphatic carbocycles. The molecule has 0 aliphatic heterocycles. The predicted octanol–water partition coefficient (Wildman–Crippen LogP) is 1.56. The lowest BCUT2D eigenvalue weighted by Crippen LogP contribution is -2.13. The van der Waals surface area contributed by atoms with Crippen LogP contribution in [-0.4, -0.2) is 19.9 Å². The summed E-state index contributed by atoms with van der Waals surface area (Å²) in [7, 11) is 0. The second kappa shape index (κ2) is 4.84. The van der Waals surface area contributed by atoms with Crippen LogP contribution in [0.25, 0.3) is 0 Å². The maximum absolute atomic E-state index is 5.51. The highest BCUT2D eigenvalue weighted by Crippen LogP contribution is 2.15. The lowest BCUT2D eigenvalue weighted by atomic mass is 10.2. The molecule has 0 aliphatic rings. The summed E-state index contributed by atoms with van der Waals surface area (Å²) < 4.78 is 0. The fraction of sp³-hybridized carbons (Fsp3) is 0.0909. The summed E-state index contributed by atoms with van der Waals surface area (Å²) in [5.74, 6) is 0.450. The van der Waals surface area contributed by atoms with Crippen LogP contribution in [0.2, 0.25) is 0 Å². The van der Waals surface area contributed by atoms with Gasteiger partial charge in [-0.1, -0.05) is 12.2 Å². The van der Waals surface area contributed by atoms with Gasteiger partial charge in [0.15, 0.2) is 0 Å². The molecule has 0 bridgehead atoms. The third-order valence-corrected chi connectivity index (χ3v) is 2.40. The van der Waals surface area contributed by atoms with Crippen molar-refractivity contribution in [2.75, 3.05) is 5.32 Å². The number of thiocarbonyl (C=S) groups is 1. The second-order valence-corrected chi connectivity index (χ2v) is 3.89. The molecule has 0 unspecified atom stereocenters. The van der Waals surface area contributed by atoms with Crippen LogP contribution in [0.15, 0.2) is 30.7 Å². The molecule has 6 heteroatoms. The quantitative estimate of drug-likeness (QED) is 0.799. The Kier molecular flexibility index (Phi) is 3.24. The fourth-order valence-corrected chi connectivity index (χ4v) is 1.39. The molecule has 0 saturated carbocycles. The zero-order valence-electron chi connectivity index (χ0n) is 9.21. The molecule has 2 aromatic heterocycles. The van der Waals surface area contributed by atoms with Crippen molar-refractivity contribution in [2.24, 2.45) is 5.73 Å². The standard InChI is InChI=1S/C11H11N5S/c1-7-2-4-13-6-9(7)16-11-14-5-3-8(15-11)10(12)17/h2-6H,1H3,(H2,12,17)(H,14,15,16). The van der Waals surface area contributed by atoms with E-state index in [9.17, 15) is 0 Å². The first-order chi connectivity index (χ1) is 8.16. The van der Waals surface area contributed by atoms with Gasteiger partial charge in [-0.25, -0.2) is 9.97 Å². The van der Waals surface area contributed by atoms with Crippen LogP contribution < -0.4 is 11.1 Å². The summed E-state index contributed by atoms with van der Waals surface area (Å²) >= 11 is 4.86. The van der Waals surface area contributed by atoms with E-state index in [1.54, 1.807) is 24.7 Å². The third-order valence-electron chi connectivity index (χ3n) is 2.19. The molecule has 0 amide bonds. The van der Waals surface area contributed by atoms with Crippen LogP contribution in [0.1, 0.15) is 11.3 Å². The van der Waals surface area contributed by atoms with E-state index in [0.717, 1.165) is 11.3 Å². The average Bonchev–Trinajstić information content (AvgIpc) is 2.32. The number of hydrogen-bond acceptors (Lipinski definition) is 5. The highest BCUT2D eigenvalue weighted by Gasteiger charge is 2.03. The molecular formula is C11H11N5S. The molecule has 3 N–H and O–H groups in total. The Balaban J connectivity index is 2.28. The smallest absolute Gasteiger partial charge is 0.227 e. The third kappa shape index (κ3) is 2.73. The van der Waals surface area contributed by atoms with Crippen LogP contribution >= 0.6 is 12.2 Å². The molecule has 5 nitrogen and oxygen atoms in total. The van der Waals surface area contributed by atoms with Gasteiger partial charge in [-0.3, -0.25) is 4.98 Å². The Labute approximate surface area is 104 Å². The maximum atomic E-state index is 5.51. The van der Waals surface area contributed by atoms with Crippen molar-refractivity contribution in [1.82, 2.24) is 15.0 Å². The minimum atomic E-state index is 0.248. The summed E-state index contributed by atoms with van der Waals surface area (Å²) in [6.45, 7) is 1.97. The lowest BCUT2D eigenvalue weighted by molar-refractivity contribution is 1.14. The number of rotatable bonds is 3. The van der Waals surface area contributed by atoms with Crippen molar-refractivity contribution in [3.05, 3.63) is 42.0 Å². The number of anilines is 2. The Morgan fingerprint density at radius 3 is 2.88 bits per heavy atom. The first-order valence-corrected chi connectivity index (χ1v) is 5.38. The van der Waals surface area contributed by atoms with E-state index in [-0.39, 0.29) is 4.99 Å². The number of pyridine rings is 1. The maximum Gasteiger partial charge on any atom is 0.227 e. The minimum absolute atomic E-state index is 0.248. The summed E-state index contributed by atoms with van der Waals surface area (Å²) in [6.07, 6.45) is 5.05. The van der Waals surface area contributed by atoms with E-state index in [1.165, 1.54) is 0 Å². The van der Waals surface area contributed by atoms with Gasteiger partial charge >= 0.3 is 0 Å². The molecular weight excluding hydrogens is 234 g/mol. The molecule has 86 valence electrons. The first-order valence-electron chi connectivity index (χ1n) is 4.97. The Morgan fingerprint density at radius 2 is 2.18 bits per heavy atom. The van der Waals surface area contributed by atoms with Crippen molar-refractivity contribution >= 4 is 28.8 Å². The van der Waals surface area contributed by atoms with E-state index in [2.05, 4.69) is 20.3 Å². The molecule has 0 spiro atoms. The summed E-state index contributed by atoms with van der Waals surface area (Å²) in [6, 6.07) is 3.57. The number of nitrogens with two attached hydrogens (primary N) is 1. The Morgan fingerprint density at radius 1 is 1.35 bits per heavy atom. The summed E-state index contributed by atoms with van der Waals surface area (Å²) in [5, 5.41) is 3.07. The van der Waals surface area contributed by atoms with E-state index >= 15 is 0 Å². The number of nitrogens with one attached hydrogen (secondary N) is 1. The normalized spacial score (nSPS) is 9.94. The number of hydrogen-bond donors (Lipinski definition) is 2. The molecule has 2 aromatic rings. The zero-order valence-corrected chi connectivity index (χ0v) is 10.0. The Hall–Kier alpha value is -2.08. The summed E-state index contributed by atoms with van der Waals surface area (Å²) in [5.41, 5.74) is 7.96. The minimum Gasteiger partial charge on any atom is -0.388 e. The topological polar surface area (TPSA) is 76.7 Å². The van der Waals surface area contributed by atoms with Gasteiger partial charge in [-0.2, -0.15) is 0 Å². The largest absolute Gasteiger partial charge is 0.388 e. The highest BCUT2D eigenvalue weighted by molar-refractivity contribution is 7.80. The van der Waals surface area contributed by atoms with Gasteiger partial charge < -0.3 is 11.1 Å². The van der Waals surface area contributed by atoms with Gasteiger partial charge in [-0.15, -0.1) is 0 Å². The van der Waals surface area contributed by atoms with E-state index in [0.29, 0.717) is 11.6 Å². The van der Waals surface area contributed by atoms with Gasteiger partial charge in [0.1, 0.15) is 10.7 Å². The van der Waals surface area contributed by atoms with Crippen LogP contribution in [0.3, 0.4) is 0 Å². The SMILES string of the molecule is Cc1ccncc1Nc1nccc(C(N)=S)n1. The van der Waals surface area contributed by atoms with E-state index in [4.69, 9.17) is 18.0 Å². The Bertz CT molecular complexity index is 555. The molecule has 0 radical (unpaired) electrons. The van der Waals surface area contributed by atoms with Crippen LogP contribution in [0, 0.1) is 6.92 Å². The van der Waals surface area contributed by atoms with Crippen molar-refractivity contribution in [2.45, 2.75) is 6.92 Å². The predicted molar refractivity (Wildman–Crippen MR) is 70.2 cm³/mol. The molecule has 2 rings (SSSR count). The van der Waals surface area contributed by atoms with E-state index < -0.39 is 0 Å². The number of aromatic nitrogens is 3. The molecule has 0 aromatic carbocycles. The monoisotopic (exact) mass is 245 g/mol. The molecule has 0 atom stereocenters. The van der Waals surface area contributed by atoms with Crippen LogP contribution in [0.4, 0.5) is 11.6 Å². The average molecular weight is 245 g/mol.